The van der Waals surface area contributed by atoms with E-state index in [-0.39, 0.29) is 5.69 Å². The van der Waals surface area contributed by atoms with Gasteiger partial charge in [-0.2, -0.15) is 0 Å². The molecule has 0 radical (unpaired) electrons. The minimum atomic E-state index is -0.419. The van der Waals surface area contributed by atoms with Crippen LogP contribution in [0.1, 0.15) is 11.4 Å². The first-order valence-corrected chi connectivity index (χ1v) is 6.41. The molecular weight excluding hydrogens is 270 g/mol. The summed E-state index contributed by atoms with van der Waals surface area (Å²) in [6.07, 6.45) is 0.631. The summed E-state index contributed by atoms with van der Waals surface area (Å²) in [6.45, 7) is 0. The van der Waals surface area contributed by atoms with Crippen molar-refractivity contribution in [2.45, 2.75) is 6.42 Å². The highest BCUT2D eigenvalue weighted by atomic mass is 16.6. The first kappa shape index (κ1) is 13.1. The van der Waals surface area contributed by atoms with Crippen molar-refractivity contribution < 1.29 is 9.66 Å². The SMILES string of the molecule is COc1ccc(Cc2nc3cc([N+](=O)[O-])ccc3[nH]2)cc1. The van der Waals surface area contributed by atoms with Gasteiger partial charge in [0.05, 0.1) is 23.1 Å². The van der Waals surface area contributed by atoms with Crippen LogP contribution in [-0.2, 0) is 6.42 Å². The molecule has 2 aromatic carbocycles. The Labute approximate surface area is 120 Å². The molecule has 0 spiro atoms. The molecule has 0 aliphatic rings. The molecule has 1 heterocycles. The summed E-state index contributed by atoms with van der Waals surface area (Å²) in [6, 6.07) is 12.3. The van der Waals surface area contributed by atoms with Gasteiger partial charge in [0, 0.05) is 18.6 Å². The van der Waals surface area contributed by atoms with Gasteiger partial charge in [-0.05, 0) is 23.8 Å². The van der Waals surface area contributed by atoms with Crippen LogP contribution in [0.4, 0.5) is 5.69 Å². The Balaban J connectivity index is 1.88. The second kappa shape index (κ2) is 5.24. The number of methoxy groups -OCH3 is 1. The van der Waals surface area contributed by atoms with E-state index in [0.717, 1.165) is 22.7 Å². The van der Waals surface area contributed by atoms with Crippen molar-refractivity contribution in [1.82, 2.24) is 9.97 Å². The molecule has 1 aromatic heterocycles. The number of imidazole rings is 1. The fourth-order valence-electron chi connectivity index (χ4n) is 2.18. The third-order valence-electron chi connectivity index (χ3n) is 3.26. The zero-order valence-electron chi connectivity index (χ0n) is 11.4. The number of benzene rings is 2. The Hall–Kier alpha value is -2.89. The number of H-pyrrole nitrogens is 1. The maximum atomic E-state index is 10.8. The average Bonchev–Trinajstić information content (AvgIpc) is 2.89. The second-order valence-corrected chi connectivity index (χ2v) is 4.67. The van der Waals surface area contributed by atoms with Crippen molar-refractivity contribution in [3.63, 3.8) is 0 Å². The summed E-state index contributed by atoms with van der Waals surface area (Å²) in [5.41, 5.74) is 2.53. The normalized spacial score (nSPS) is 10.7. The van der Waals surface area contributed by atoms with E-state index in [9.17, 15) is 10.1 Å². The van der Waals surface area contributed by atoms with E-state index in [2.05, 4.69) is 9.97 Å². The molecular formula is C15H13N3O3. The number of nitrogens with one attached hydrogen (secondary N) is 1. The monoisotopic (exact) mass is 283 g/mol. The summed E-state index contributed by atoms with van der Waals surface area (Å²) in [7, 11) is 1.63. The second-order valence-electron chi connectivity index (χ2n) is 4.67. The molecule has 0 atom stereocenters. The van der Waals surface area contributed by atoms with Gasteiger partial charge >= 0.3 is 0 Å². The lowest BCUT2D eigenvalue weighted by Crippen LogP contribution is -1.91. The van der Waals surface area contributed by atoms with Crippen LogP contribution in [0.25, 0.3) is 11.0 Å². The van der Waals surface area contributed by atoms with E-state index in [1.165, 1.54) is 12.1 Å². The molecule has 106 valence electrons. The molecule has 0 saturated carbocycles. The molecule has 21 heavy (non-hydrogen) atoms. The van der Waals surface area contributed by atoms with Gasteiger partial charge in [0.2, 0.25) is 0 Å². The number of rotatable bonds is 4. The number of ether oxygens (including phenoxy) is 1. The van der Waals surface area contributed by atoms with Crippen LogP contribution in [-0.4, -0.2) is 22.0 Å². The number of hydrogen-bond donors (Lipinski definition) is 1. The molecule has 0 saturated heterocycles. The third kappa shape index (κ3) is 2.69. The number of nitro groups is 1. The highest BCUT2D eigenvalue weighted by Gasteiger charge is 2.10. The molecule has 1 N–H and O–H groups in total. The lowest BCUT2D eigenvalue weighted by atomic mass is 10.1. The number of non-ortho nitro benzene ring substituents is 1. The van der Waals surface area contributed by atoms with E-state index in [4.69, 9.17) is 4.74 Å². The Kier molecular flexibility index (Phi) is 3.27. The Morgan fingerprint density at radius 3 is 2.67 bits per heavy atom. The van der Waals surface area contributed by atoms with Crippen molar-refractivity contribution >= 4 is 16.7 Å². The maximum Gasteiger partial charge on any atom is 0.271 e. The first-order valence-electron chi connectivity index (χ1n) is 6.41. The molecule has 0 bridgehead atoms. The largest absolute Gasteiger partial charge is 0.497 e. The van der Waals surface area contributed by atoms with E-state index >= 15 is 0 Å². The van der Waals surface area contributed by atoms with Gasteiger partial charge in [0.25, 0.3) is 5.69 Å². The fourth-order valence-corrected chi connectivity index (χ4v) is 2.18. The van der Waals surface area contributed by atoms with Crippen LogP contribution < -0.4 is 4.74 Å². The third-order valence-corrected chi connectivity index (χ3v) is 3.26. The molecule has 0 aliphatic carbocycles. The number of hydrogen-bond acceptors (Lipinski definition) is 4. The standard InChI is InChI=1S/C15H13N3O3/c1-21-12-5-2-10(3-6-12)8-15-16-13-7-4-11(18(19)20)9-14(13)17-15/h2-7,9H,8H2,1H3,(H,16,17). The van der Waals surface area contributed by atoms with Crippen LogP contribution in [0.5, 0.6) is 5.75 Å². The van der Waals surface area contributed by atoms with Crippen molar-refractivity contribution in [2.75, 3.05) is 7.11 Å². The molecule has 3 aromatic rings. The van der Waals surface area contributed by atoms with Crippen molar-refractivity contribution in [1.29, 1.82) is 0 Å². The van der Waals surface area contributed by atoms with E-state index in [0.29, 0.717) is 11.9 Å². The minimum absolute atomic E-state index is 0.0463. The van der Waals surface area contributed by atoms with E-state index in [1.54, 1.807) is 13.2 Å². The number of nitrogens with zero attached hydrogens (tertiary/aromatic N) is 2. The zero-order chi connectivity index (χ0) is 14.8. The number of aromatic amines is 1. The highest BCUT2D eigenvalue weighted by Crippen LogP contribution is 2.20. The van der Waals surface area contributed by atoms with E-state index < -0.39 is 4.92 Å². The van der Waals surface area contributed by atoms with E-state index in [1.807, 2.05) is 24.3 Å². The average molecular weight is 283 g/mol. The molecule has 6 nitrogen and oxygen atoms in total. The molecule has 0 amide bonds. The highest BCUT2D eigenvalue weighted by molar-refractivity contribution is 5.77. The maximum absolute atomic E-state index is 10.8. The van der Waals surface area contributed by atoms with Gasteiger partial charge in [-0.3, -0.25) is 10.1 Å². The van der Waals surface area contributed by atoms with Crippen LogP contribution >= 0.6 is 0 Å². The predicted octanol–water partition coefficient (Wildman–Crippen LogP) is 3.07. The van der Waals surface area contributed by atoms with Gasteiger partial charge in [-0.15, -0.1) is 0 Å². The van der Waals surface area contributed by atoms with Crippen LogP contribution in [0.15, 0.2) is 42.5 Å². The molecule has 6 heteroatoms. The predicted molar refractivity (Wildman–Crippen MR) is 78.5 cm³/mol. The van der Waals surface area contributed by atoms with Crippen LogP contribution in [0.2, 0.25) is 0 Å². The summed E-state index contributed by atoms with van der Waals surface area (Å²) in [4.78, 5) is 17.9. The topological polar surface area (TPSA) is 81.1 Å². The van der Waals surface area contributed by atoms with Gasteiger partial charge in [0.1, 0.15) is 11.6 Å². The Bertz CT molecular complexity index is 794. The Morgan fingerprint density at radius 2 is 2.00 bits per heavy atom. The number of aromatic nitrogens is 2. The fraction of sp³-hybridized carbons (Fsp3) is 0.133. The summed E-state index contributed by atoms with van der Waals surface area (Å²) in [5.74, 6) is 1.58. The molecule has 3 rings (SSSR count). The number of fused-ring (bicyclic) bond motifs is 1. The molecule has 0 aliphatic heterocycles. The van der Waals surface area contributed by atoms with Crippen molar-refractivity contribution in [3.8, 4) is 5.75 Å². The summed E-state index contributed by atoms with van der Waals surface area (Å²) >= 11 is 0. The zero-order valence-corrected chi connectivity index (χ0v) is 11.4. The summed E-state index contributed by atoms with van der Waals surface area (Å²) < 4.78 is 5.12. The lowest BCUT2D eigenvalue weighted by Gasteiger charge is -2.01. The van der Waals surface area contributed by atoms with Crippen molar-refractivity contribution in [3.05, 3.63) is 64.0 Å². The lowest BCUT2D eigenvalue weighted by molar-refractivity contribution is -0.384. The van der Waals surface area contributed by atoms with Gasteiger partial charge in [-0.25, -0.2) is 4.98 Å². The molecule has 0 unspecified atom stereocenters. The number of nitro benzene ring substituents is 1. The van der Waals surface area contributed by atoms with Crippen LogP contribution in [0.3, 0.4) is 0 Å². The smallest absolute Gasteiger partial charge is 0.271 e. The first-order chi connectivity index (χ1) is 10.2. The van der Waals surface area contributed by atoms with Gasteiger partial charge in [0.15, 0.2) is 0 Å². The Morgan fingerprint density at radius 1 is 1.24 bits per heavy atom. The van der Waals surface area contributed by atoms with Crippen LogP contribution in [0, 0.1) is 10.1 Å². The molecule has 0 fully saturated rings. The van der Waals surface area contributed by atoms with Crippen molar-refractivity contribution in [2.24, 2.45) is 0 Å². The van der Waals surface area contributed by atoms with Gasteiger partial charge < -0.3 is 9.72 Å². The van der Waals surface area contributed by atoms with Gasteiger partial charge in [-0.1, -0.05) is 12.1 Å². The summed E-state index contributed by atoms with van der Waals surface area (Å²) in [5, 5.41) is 10.8. The quantitative estimate of drug-likeness (QED) is 0.589. The minimum Gasteiger partial charge on any atom is -0.497 e.